The second-order valence-corrected chi connectivity index (χ2v) is 5.95. The van der Waals surface area contributed by atoms with Crippen molar-refractivity contribution in [3.05, 3.63) is 53.7 Å². The lowest BCUT2D eigenvalue weighted by molar-refractivity contribution is -0.137. The van der Waals surface area contributed by atoms with Crippen molar-refractivity contribution in [2.45, 2.75) is 25.4 Å². The molecule has 7 heteroatoms. The van der Waals surface area contributed by atoms with Crippen molar-refractivity contribution in [1.29, 1.82) is 0 Å². The number of nitrogens with one attached hydrogen (secondary N) is 1. The number of alkyl halides is 3. The summed E-state index contributed by atoms with van der Waals surface area (Å²) in [7, 11) is 0. The second-order valence-electron chi connectivity index (χ2n) is 5.95. The van der Waals surface area contributed by atoms with Crippen molar-refractivity contribution in [2.24, 2.45) is 0 Å². The number of carbonyl (C=O) groups is 1. The van der Waals surface area contributed by atoms with Crippen LogP contribution in [0.15, 0.2) is 42.6 Å². The molecule has 0 unspecified atom stereocenters. The van der Waals surface area contributed by atoms with Gasteiger partial charge in [-0.1, -0.05) is 6.07 Å². The molecule has 1 aromatic carbocycles. The van der Waals surface area contributed by atoms with Gasteiger partial charge < -0.3 is 10.2 Å². The van der Waals surface area contributed by atoms with Gasteiger partial charge in [-0.05, 0) is 49.6 Å². The van der Waals surface area contributed by atoms with Gasteiger partial charge >= 0.3 is 6.18 Å². The van der Waals surface area contributed by atoms with Crippen LogP contribution in [-0.2, 0) is 6.18 Å². The number of hydrogen-bond acceptors (Lipinski definition) is 3. The monoisotopic (exact) mass is 349 g/mol. The Balaban J connectivity index is 1.82. The van der Waals surface area contributed by atoms with Crippen LogP contribution < -0.4 is 10.2 Å². The number of amides is 1. The van der Waals surface area contributed by atoms with Crippen LogP contribution in [-0.4, -0.2) is 24.0 Å². The molecule has 1 saturated heterocycles. The van der Waals surface area contributed by atoms with E-state index in [-0.39, 0.29) is 5.69 Å². The molecule has 2 heterocycles. The molecule has 1 N–H and O–H groups in total. The summed E-state index contributed by atoms with van der Waals surface area (Å²) in [4.78, 5) is 18.9. The van der Waals surface area contributed by atoms with Crippen LogP contribution in [0, 0.1) is 0 Å². The Labute approximate surface area is 143 Å². The smallest absolute Gasteiger partial charge is 0.356 e. The molecule has 1 amide bonds. The topological polar surface area (TPSA) is 45.2 Å². The number of piperidine rings is 1. The third-order valence-electron chi connectivity index (χ3n) is 4.13. The molecule has 2 aromatic rings. The first-order valence-electron chi connectivity index (χ1n) is 8.14. The molecule has 25 heavy (non-hydrogen) atoms. The van der Waals surface area contributed by atoms with Gasteiger partial charge in [-0.3, -0.25) is 4.79 Å². The fourth-order valence-electron chi connectivity index (χ4n) is 2.90. The number of pyridine rings is 1. The molecule has 0 radical (unpaired) electrons. The highest BCUT2D eigenvalue weighted by Crippen LogP contribution is 2.31. The zero-order chi connectivity index (χ0) is 17.9. The van der Waals surface area contributed by atoms with Gasteiger partial charge in [0.2, 0.25) is 0 Å². The van der Waals surface area contributed by atoms with E-state index in [0.29, 0.717) is 11.4 Å². The Bertz CT molecular complexity index is 755. The molecule has 3 rings (SSSR count). The number of halogens is 3. The summed E-state index contributed by atoms with van der Waals surface area (Å²) in [5, 5.41) is 2.54. The number of benzene rings is 1. The first-order chi connectivity index (χ1) is 11.9. The average molecular weight is 349 g/mol. The first kappa shape index (κ1) is 17.3. The zero-order valence-electron chi connectivity index (χ0n) is 13.5. The van der Waals surface area contributed by atoms with E-state index in [1.165, 1.54) is 12.1 Å². The lowest BCUT2D eigenvalue weighted by atomic mass is 10.1. The molecule has 0 bridgehead atoms. The van der Waals surface area contributed by atoms with Gasteiger partial charge in [0, 0.05) is 25.0 Å². The summed E-state index contributed by atoms with van der Waals surface area (Å²) in [6.07, 6.45) is 0.380. The van der Waals surface area contributed by atoms with E-state index in [0.717, 1.165) is 44.5 Å². The second kappa shape index (κ2) is 7.13. The largest absolute Gasteiger partial charge is 0.416 e. The average Bonchev–Trinajstić information content (AvgIpc) is 2.62. The Morgan fingerprint density at radius 2 is 1.84 bits per heavy atom. The Morgan fingerprint density at radius 3 is 2.56 bits per heavy atom. The van der Waals surface area contributed by atoms with Gasteiger partial charge in [0.15, 0.2) is 0 Å². The molecule has 1 aliphatic rings. The molecule has 4 nitrogen and oxygen atoms in total. The predicted octanol–water partition coefficient (Wildman–Crippen LogP) is 4.34. The van der Waals surface area contributed by atoms with E-state index in [9.17, 15) is 18.0 Å². The van der Waals surface area contributed by atoms with Gasteiger partial charge in [0.1, 0.15) is 5.82 Å². The highest BCUT2D eigenvalue weighted by Gasteiger charge is 2.30. The van der Waals surface area contributed by atoms with Crippen LogP contribution in [0.25, 0.3) is 0 Å². The number of anilines is 2. The Morgan fingerprint density at radius 1 is 1.08 bits per heavy atom. The van der Waals surface area contributed by atoms with Crippen molar-refractivity contribution in [1.82, 2.24) is 4.98 Å². The van der Waals surface area contributed by atoms with Crippen molar-refractivity contribution in [2.75, 3.05) is 23.3 Å². The summed E-state index contributed by atoms with van der Waals surface area (Å²) < 4.78 is 38.4. The highest BCUT2D eigenvalue weighted by atomic mass is 19.4. The van der Waals surface area contributed by atoms with Crippen LogP contribution in [0.2, 0.25) is 0 Å². The zero-order valence-corrected chi connectivity index (χ0v) is 13.5. The normalized spacial score (nSPS) is 15.1. The number of hydrogen-bond donors (Lipinski definition) is 1. The van der Waals surface area contributed by atoms with Gasteiger partial charge in [-0.2, -0.15) is 13.2 Å². The first-order valence-corrected chi connectivity index (χ1v) is 8.14. The molecular weight excluding hydrogens is 331 g/mol. The molecule has 1 fully saturated rings. The van der Waals surface area contributed by atoms with Gasteiger partial charge in [-0.25, -0.2) is 4.98 Å². The molecule has 0 atom stereocenters. The maximum Gasteiger partial charge on any atom is 0.416 e. The lowest BCUT2D eigenvalue weighted by Gasteiger charge is -2.29. The Kier molecular flexibility index (Phi) is 4.92. The van der Waals surface area contributed by atoms with Crippen LogP contribution in [0.5, 0.6) is 0 Å². The maximum absolute atomic E-state index is 12.8. The maximum atomic E-state index is 12.8. The van der Waals surface area contributed by atoms with E-state index >= 15 is 0 Å². The number of rotatable bonds is 3. The summed E-state index contributed by atoms with van der Waals surface area (Å²) in [5.41, 5.74) is -0.331. The van der Waals surface area contributed by atoms with E-state index in [1.54, 1.807) is 18.3 Å². The molecule has 132 valence electrons. The molecular formula is C18H18F3N3O. The minimum Gasteiger partial charge on any atom is -0.356 e. The fourth-order valence-corrected chi connectivity index (χ4v) is 2.90. The van der Waals surface area contributed by atoms with Gasteiger partial charge in [-0.15, -0.1) is 0 Å². The summed E-state index contributed by atoms with van der Waals surface area (Å²) in [6.45, 7) is 1.64. The fraction of sp³-hybridized carbons (Fsp3) is 0.333. The SMILES string of the molecule is O=C(Nc1cccc(C(F)(F)F)c1)c1cccnc1N1CCCCC1. The molecule has 1 aromatic heterocycles. The molecule has 1 aliphatic heterocycles. The third kappa shape index (κ3) is 4.10. The summed E-state index contributed by atoms with van der Waals surface area (Å²) >= 11 is 0. The van der Waals surface area contributed by atoms with Crippen LogP contribution in [0.4, 0.5) is 24.7 Å². The van der Waals surface area contributed by atoms with E-state index < -0.39 is 17.6 Å². The van der Waals surface area contributed by atoms with E-state index in [4.69, 9.17) is 0 Å². The minimum absolute atomic E-state index is 0.105. The lowest BCUT2D eigenvalue weighted by Crippen LogP contribution is -2.32. The predicted molar refractivity (Wildman–Crippen MR) is 89.7 cm³/mol. The third-order valence-corrected chi connectivity index (χ3v) is 4.13. The molecule has 0 spiro atoms. The van der Waals surface area contributed by atoms with E-state index in [2.05, 4.69) is 10.3 Å². The van der Waals surface area contributed by atoms with Gasteiger partial charge in [0.25, 0.3) is 5.91 Å². The standard InChI is InChI=1S/C18H18F3N3O/c19-18(20,21)13-6-4-7-14(12-13)23-17(25)15-8-5-9-22-16(15)24-10-2-1-3-11-24/h4-9,12H,1-3,10-11H2,(H,23,25). The van der Waals surface area contributed by atoms with Crippen molar-refractivity contribution in [3.63, 3.8) is 0 Å². The van der Waals surface area contributed by atoms with Crippen molar-refractivity contribution < 1.29 is 18.0 Å². The Hall–Kier alpha value is -2.57. The molecule has 0 aliphatic carbocycles. The van der Waals surface area contributed by atoms with Crippen molar-refractivity contribution >= 4 is 17.4 Å². The van der Waals surface area contributed by atoms with Crippen molar-refractivity contribution in [3.8, 4) is 0 Å². The van der Waals surface area contributed by atoms with Crippen LogP contribution in [0.1, 0.15) is 35.2 Å². The highest BCUT2D eigenvalue weighted by molar-refractivity contribution is 6.07. The minimum atomic E-state index is -4.45. The molecule has 0 saturated carbocycles. The van der Waals surface area contributed by atoms with E-state index in [1.807, 2.05) is 4.90 Å². The number of carbonyl (C=O) groups excluding carboxylic acids is 1. The number of nitrogens with zero attached hydrogens (tertiary/aromatic N) is 2. The quantitative estimate of drug-likeness (QED) is 0.896. The summed E-state index contributed by atoms with van der Waals surface area (Å²) in [6, 6.07) is 7.89. The number of aromatic nitrogens is 1. The van der Waals surface area contributed by atoms with Crippen LogP contribution >= 0.6 is 0 Å². The van der Waals surface area contributed by atoms with Crippen LogP contribution in [0.3, 0.4) is 0 Å². The summed E-state index contributed by atoms with van der Waals surface area (Å²) in [5.74, 6) is 0.111. The van der Waals surface area contributed by atoms with Gasteiger partial charge in [0.05, 0.1) is 11.1 Å².